The van der Waals surface area contributed by atoms with E-state index in [9.17, 15) is 4.79 Å². The highest BCUT2D eigenvalue weighted by Crippen LogP contribution is 2.36. The van der Waals surface area contributed by atoms with Crippen LogP contribution in [-0.4, -0.2) is 54.5 Å². The summed E-state index contributed by atoms with van der Waals surface area (Å²) in [4.78, 5) is 17.1. The first-order chi connectivity index (χ1) is 12.2. The van der Waals surface area contributed by atoms with Gasteiger partial charge in [-0.15, -0.1) is 0 Å². The van der Waals surface area contributed by atoms with Crippen molar-refractivity contribution < 1.29 is 4.79 Å². The molecule has 1 heterocycles. The quantitative estimate of drug-likeness (QED) is 0.896. The van der Waals surface area contributed by atoms with Crippen LogP contribution in [0.3, 0.4) is 0 Å². The predicted octanol–water partition coefficient (Wildman–Crippen LogP) is 2.84. The van der Waals surface area contributed by atoms with Gasteiger partial charge < -0.3 is 10.6 Å². The third kappa shape index (κ3) is 4.06. The fraction of sp³-hybridized carbons (Fsp3) is 0.667. The molecule has 1 aliphatic heterocycles. The molecular weight excluding hydrogens is 310 g/mol. The van der Waals surface area contributed by atoms with Crippen LogP contribution in [0, 0.1) is 5.92 Å². The van der Waals surface area contributed by atoms with Gasteiger partial charge >= 0.3 is 0 Å². The standard InChI is InChI=1S/C21H31N3O/c22-21(25)20-4-2-1-3-19(20)17-7-9-18(10-8-17)24-13-11-23(12-14-24)15-16-5-6-16/h1-4,16-18H,5-15H2,(H2,22,25). The molecule has 0 atom stereocenters. The number of carbonyl (C=O) groups is 1. The van der Waals surface area contributed by atoms with Crippen LogP contribution < -0.4 is 5.73 Å². The van der Waals surface area contributed by atoms with Crippen LogP contribution in [0.5, 0.6) is 0 Å². The van der Waals surface area contributed by atoms with E-state index in [0.717, 1.165) is 17.5 Å². The number of rotatable bonds is 5. The van der Waals surface area contributed by atoms with Crippen molar-refractivity contribution in [3.05, 3.63) is 35.4 Å². The molecule has 0 unspecified atom stereocenters. The van der Waals surface area contributed by atoms with Crippen LogP contribution >= 0.6 is 0 Å². The van der Waals surface area contributed by atoms with Gasteiger partial charge in [-0.25, -0.2) is 0 Å². The lowest BCUT2D eigenvalue weighted by molar-refractivity contribution is 0.0738. The molecule has 136 valence electrons. The van der Waals surface area contributed by atoms with Crippen molar-refractivity contribution in [2.75, 3.05) is 32.7 Å². The van der Waals surface area contributed by atoms with Crippen LogP contribution in [0.15, 0.2) is 24.3 Å². The number of primary amides is 1. The minimum Gasteiger partial charge on any atom is -0.366 e. The molecule has 0 aromatic heterocycles. The summed E-state index contributed by atoms with van der Waals surface area (Å²) >= 11 is 0. The smallest absolute Gasteiger partial charge is 0.248 e. The molecule has 0 bridgehead atoms. The molecule has 2 aliphatic carbocycles. The van der Waals surface area contributed by atoms with Gasteiger partial charge in [-0.05, 0) is 62.0 Å². The summed E-state index contributed by atoms with van der Waals surface area (Å²) in [5.41, 5.74) is 7.46. The van der Waals surface area contributed by atoms with E-state index in [1.54, 1.807) is 0 Å². The molecule has 0 spiro atoms. The van der Waals surface area contributed by atoms with Crippen molar-refractivity contribution in [2.24, 2.45) is 11.7 Å². The van der Waals surface area contributed by atoms with Crippen LogP contribution in [-0.2, 0) is 0 Å². The van der Waals surface area contributed by atoms with E-state index in [2.05, 4.69) is 15.9 Å². The van der Waals surface area contributed by atoms with Crippen LogP contribution in [0.1, 0.15) is 60.4 Å². The van der Waals surface area contributed by atoms with Crippen molar-refractivity contribution >= 4 is 5.91 Å². The number of hydrogen-bond acceptors (Lipinski definition) is 3. The molecule has 1 aromatic carbocycles. The fourth-order valence-corrected chi connectivity index (χ4v) is 4.81. The molecule has 1 saturated heterocycles. The minimum absolute atomic E-state index is 0.287. The third-order valence-electron chi connectivity index (χ3n) is 6.50. The lowest BCUT2D eigenvalue weighted by atomic mass is 9.79. The van der Waals surface area contributed by atoms with Gasteiger partial charge in [0.05, 0.1) is 0 Å². The summed E-state index contributed by atoms with van der Waals surface area (Å²) < 4.78 is 0. The van der Waals surface area contributed by atoms with Gasteiger partial charge in [0.15, 0.2) is 0 Å². The topological polar surface area (TPSA) is 49.6 Å². The Morgan fingerprint density at radius 3 is 2.28 bits per heavy atom. The zero-order valence-electron chi connectivity index (χ0n) is 15.2. The average Bonchev–Trinajstić information content (AvgIpc) is 3.46. The average molecular weight is 341 g/mol. The van der Waals surface area contributed by atoms with E-state index in [-0.39, 0.29) is 5.91 Å². The largest absolute Gasteiger partial charge is 0.366 e. The van der Waals surface area contributed by atoms with Crippen LogP contribution in [0.2, 0.25) is 0 Å². The summed E-state index contributed by atoms with van der Waals surface area (Å²) in [5, 5.41) is 0. The van der Waals surface area contributed by atoms with E-state index in [1.165, 1.54) is 76.8 Å². The maximum atomic E-state index is 11.7. The molecule has 4 heteroatoms. The lowest BCUT2D eigenvalue weighted by Crippen LogP contribution is -2.51. The van der Waals surface area contributed by atoms with Crippen molar-refractivity contribution in [1.82, 2.24) is 9.80 Å². The molecule has 3 fully saturated rings. The van der Waals surface area contributed by atoms with Crippen LogP contribution in [0.25, 0.3) is 0 Å². The molecule has 4 rings (SSSR count). The summed E-state index contributed by atoms with van der Waals surface area (Å²) in [7, 11) is 0. The number of hydrogen-bond donors (Lipinski definition) is 1. The molecule has 1 amide bonds. The van der Waals surface area contributed by atoms with Crippen molar-refractivity contribution in [3.8, 4) is 0 Å². The normalized spacial score (nSPS) is 28.8. The van der Waals surface area contributed by atoms with Crippen molar-refractivity contribution in [3.63, 3.8) is 0 Å². The predicted molar refractivity (Wildman–Crippen MR) is 101 cm³/mol. The number of piperazine rings is 1. The summed E-state index contributed by atoms with van der Waals surface area (Å²) in [6.07, 6.45) is 7.77. The highest BCUT2D eigenvalue weighted by molar-refractivity contribution is 5.94. The second-order valence-electron chi connectivity index (χ2n) is 8.24. The SMILES string of the molecule is NC(=O)c1ccccc1C1CCC(N2CCN(CC3CC3)CC2)CC1. The van der Waals surface area contributed by atoms with Gasteiger partial charge in [-0.1, -0.05) is 18.2 Å². The molecule has 4 nitrogen and oxygen atoms in total. The highest BCUT2D eigenvalue weighted by Gasteiger charge is 2.31. The van der Waals surface area contributed by atoms with Crippen molar-refractivity contribution in [1.29, 1.82) is 0 Å². The molecule has 25 heavy (non-hydrogen) atoms. The van der Waals surface area contributed by atoms with Gasteiger partial charge in [-0.2, -0.15) is 0 Å². The third-order valence-corrected chi connectivity index (χ3v) is 6.50. The fourth-order valence-electron chi connectivity index (χ4n) is 4.81. The molecule has 1 aromatic rings. The van der Waals surface area contributed by atoms with E-state index >= 15 is 0 Å². The Morgan fingerprint density at radius 1 is 0.960 bits per heavy atom. The Kier molecular flexibility index (Phi) is 5.09. The number of amides is 1. The molecule has 0 radical (unpaired) electrons. The second kappa shape index (κ2) is 7.46. The number of nitrogens with two attached hydrogens (primary N) is 1. The maximum absolute atomic E-state index is 11.7. The molecular formula is C21H31N3O. The first kappa shape index (κ1) is 17.0. The Labute approximate surface area is 151 Å². The Bertz CT molecular complexity index is 597. The second-order valence-corrected chi connectivity index (χ2v) is 8.24. The highest BCUT2D eigenvalue weighted by atomic mass is 16.1. The zero-order chi connectivity index (χ0) is 17.2. The Balaban J connectivity index is 1.29. The molecule has 2 N–H and O–H groups in total. The minimum atomic E-state index is -0.287. The first-order valence-corrected chi connectivity index (χ1v) is 10.1. The van der Waals surface area contributed by atoms with E-state index in [1.807, 2.05) is 18.2 Å². The summed E-state index contributed by atoms with van der Waals surface area (Å²) in [6, 6.07) is 8.66. The van der Waals surface area contributed by atoms with E-state index < -0.39 is 0 Å². The molecule has 2 saturated carbocycles. The maximum Gasteiger partial charge on any atom is 0.248 e. The number of nitrogens with zero attached hydrogens (tertiary/aromatic N) is 2. The van der Waals surface area contributed by atoms with E-state index in [0.29, 0.717) is 5.92 Å². The van der Waals surface area contributed by atoms with Crippen LogP contribution in [0.4, 0.5) is 0 Å². The first-order valence-electron chi connectivity index (χ1n) is 10.1. The summed E-state index contributed by atoms with van der Waals surface area (Å²) in [5.74, 6) is 1.22. The molecule has 3 aliphatic rings. The monoisotopic (exact) mass is 341 g/mol. The van der Waals surface area contributed by atoms with Gasteiger partial charge in [-0.3, -0.25) is 9.69 Å². The van der Waals surface area contributed by atoms with E-state index in [4.69, 9.17) is 5.73 Å². The number of benzene rings is 1. The van der Waals surface area contributed by atoms with Gasteiger partial charge in [0, 0.05) is 44.3 Å². The number of carbonyl (C=O) groups excluding carboxylic acids is 1. The van der Waals surface area contributed by atoms with Gasteiger partial charge in [0.2, 0.25) is 5.91 Å². The Morgan fingerprint density at radius 2 is 1.64 bits per heavy atom. The van der Waals surface area contributed by atoms with Crippen molar-refractivity contribution in [2.45, 2.75) is 50.5 Å². The zero-order valence-corrected chi connectivity index (χ0v) is 15.2. The lowest BCUT2D eigenvalue weighted by Gasteiger charge is -2.42. The Hall–Kier alpha value is -1.39. The van der Waals surface area contributed by atoms with Gasteiger partial charge in [0.25, 0.3) is 0 Å². The summed E-state index contributed by atoms with van der Waals surface area (Å²) in [6.45, 7) is 6.31. The van der Waals surface area contributed by atoms with Gasteiger partial charge in [0.1, 0.15) is 0 Å².